The zero-order chi connectivity index (χ0) is 9.84. The average molecular weight is 245 g/mol. The molecule has 0 heterocycles. The third kappa shape index (κ3) is 2.25. The number of rotatable bonds is 3. The number of halogens is 1. The van der Waals surface area contributed by atoms with Crippen molar-refractivity contribution in [2.45, 2.75) is 0 Å². The standard InChI is InChI=1S/C7H5BrN2O3/c8-5-1-2-7(10(12)13)6(3-5)9-4-11/h1-4H,(H,9,11). The number of hydrogen-bond acceptors (Lipinski definition) is 3. The van der Waals surface area contributed by atoms with Crippen LogP contribution in [0.15, 0.2) is 22.7 Å². The molecule has 0 unspecified atom stereocenters. The van der Waals surface area contributed by atoms with Crippen LogP contribution in [0.2, 0.25) is 0 Å². The molecule has 0 aliphatic carbocycles. The highest BCUT2D eigenvalue weighted by Crippen LogP contribution is 2.27. The highest BCUT2D eigenvalue weighted by molar-refractivity contribution is 9.10. The molecule has 0 bridgehead atoms. The Kier molecular flexibility index (Phi) is 2.97. The lowest BCUT2D eigenvalue weighted by Crippen LogP contribution is -1.99. The van der Waals surface area contributed by atoms with Gasteiger partial charge in [-0.3, -0.25) is 14.9 Å². The SMILES string of the molecule is O=CNc1cc(Br)ccc1[N+](=O)[O-]. The lowest BCUT2D eigenvalue weighted by Gasteiger charge is -2.00. The molecule has 1 aromatic carbocycles. The summed E-state index contributed by atoms with van der Waals surface area (Å²) in [7, 11) is 0. The van der Waals surface area contributed by atoms with Crippen LogP contribution in [0.3, 0.4) is 0 Å². The van der Waals surface area contributed by atoms with Gasteiger partial charge in [0.1, 0.15) is 5.69 Å². The van der Waals surface area contributed by atoms with Crippen LogP contribution >= 0.6 is 15.9 Å². The maximum atomic E-state index is 10.4. The molecule has 1 N–H and O–H groups in total. The first-order chi connectivity index (χ1) is 6.15. The smallest absolute Gasteiger partial charge is 0.292 e. The summed E-state index contributed by atoms with van der Waals surface area (Å²) in [4.78, 5) is 20.0. The predicted molar refractivity (Wildman–Crippen MR) is 50.5 cm³/mol. The summed E-state index contributed by atoms with van der Waals surface area (Å²) in [6, 6.07) is 4.32. The van der Waals surface area contributed by atoms with Crippen LogP contribution in [0, 0.1) is 10.1 Å². The number of amides is 1. The van der Waals surface area contributed by atoms with Gasteiger partial charge in [0.05, 0.1) is 4.92 Å². The molecule has 13 heavy (non-hydrogen) atoms. The molecule has 0 saturated carbocycles. The van der Waals surface area contributed by atoms with E-state index in [9.17, 15) is 14.9 Å². The summed E-state index contributed by atoms with van der Waals surface area (Å²) in [6.07, 6.45) is 0.398. The van der Waals surface area contributed by atoms with Crippen LogP contribution in [0.5, 0.6) is 0 Å². The minimum atomic E-state index is -0.557. The van der Waals surface area contributed by atoms with Crippen LogP contribution in [-0.4, -0.2) is 11.3 Å². The average Bonchev–Trinajstić information content (AvgIpc) is 2.04. The van der Waals surface area contributed by atoms with Gasteiger partial charge in [0.2, 0.25) is 6.41 Å². The summed E-state index contributed by atoms with van der Waals surface area (Å²) in [6.45, 7) is 0. The van der Waals surface area contributed by atoms with E-state index in [0.717, 1.165) is 0 Å². The number of carbonyl (C=O) groups excluding carboxylic acids is 1. The lowest BCUT2D eigenvalue weighted by molar-refractivity contribution is -0.383. The number of nitrogens with zero attached hydrogens (tertiary/aromatic N) is 1. The maximum absolute atomic E-state index is 10.4. The molecular weight excluding hydrogens is 240 g/mol. The van der Waals surface area contributed by atoms with E-state index < -0.39 is 4.92 Å². The second kappa shape index (κ2) is 3.99. The number of carbonyl (C=O) groups is 1. The van der Waals surface area contributed by atoms with E-state index in [0.29, 0.717) is 10.9 Å². The van der Waals surface area contributed by atoms with Crippen molar-refractivity contribution in [2.24, 2.45) is 0 Å². The summed E-state index contributed by atoms with van der Waals surface area (Å²) < 4.78 is 0.669. The van der Waals surface area contributed by atoms with E-state index in [1.54, 1.807) is 0 Å². The molecule has 0 spiro atoms. The Morgan fingerprint density at radius 2 is 2.23 bits per heavy atom. The van der Waals surface area contributed by atoms with Gasteiger partial charge in [-0.05, 0) is 12.1 Å². The Morgan fingerprint density at radius 1 is 1.54 bits per heavy atom. The minimum absolute atomic E-state index is 0.129. The fourth-order valence-electron chi connectivity index (χ4n) is 0.847. The molecule has 0 fully saturated rings. The van der Waals surface area contributed by atoms with E-state index in [4.69, 9.17) is 0 Å². The van der Waals surface area contributed by atoms with Crippen molar-refractivity contribution >= 4 is 33.7 Å². The van der Waals surface area contributed by atoms with Crippen molar-refractivity contribution in [1.82, 2.24) is 0 Å². The minimum Gasteiger partial charge on any atom is -0.323 e. The van der Waals surface area contributed by atoms with Crippen molar-refractivity contribution in [1.29, 1.82) is 0 Å². The highest BCUT2D eigenvalue weighted by Gasteiger charge is 2.12. The molecule has 0 saturated heterocycles. The summed E-state index contributed by atoms with van der Waals surface area (Å²) in [5, 5.41) is 12.7. The van der Waals surface area contributed by atoms with Crippen molar-refractivity contribution in [3.8, 4) is 0 Å². The summed E-state index contributed by atoms with van der Waals surface area (Å²) >= 11 is 3.14. The first-order valence-electron chi connectivity index (χ1n) is 3.29. The zero-order valence-corrected chi connectivity index (χ0v) is 7.95. The van der Waals surface area contributed by atoms with E-state index in [1.807, 2.05) is 0 Å². The topological polar surface area (TPSA) is 72.2 Å². The van der Waals surface area contributed by atoms with Gasteiger partial charge in [0, 0.05) is 10.5 Å². The second-order valence-corrected chi connectivity index (χ2v) is 3.10. The quantitative estimate of drug-likeness (QED) is 0.502. The number of nitrogens with one attached hydrogen (secondary N) is 1. The monoisotopic (exact) mass is 244 g/mol. The van der Waals surface area contributed by atoms with Gasteiger partial charge < -0.3 is 5.32 Å². The van der Waals surface area contributed by atoms with Crippen molar-refractivity contribution in [2.75, 3.05) is 5.32 Å². The van der Waals surface area contributed by atoms with Crippen LogP contribution < -0.4 is 5.32 Å². The number of nitro groups is 1. The van der Waals surface area contributed by atoms with Gasteiger partial charge in [0.25, 0.3) is 5.69 Å². The second-order valence-electron chi connectivity index (χ2n) is 2.18. The molecule has 0 aliphatic heterocycles. The predicted octanol–water partition coefficient (Wildman–Crippen LogP) is 1.93. The molecule has 1 rings (SSSR count). The number of benzene rings is 1. The van der Waals surface area contributed by atoms with Crippen LogP contribution in [-0.2, 0) is 4.79 Å². The Bertz CT molecular complexity index is 354. The molecule has 0 aromatic heterocycles. The van der Waals surface area contributed by atoms with Gasteiger partial charge in [0.15, 0.2) is 0 Å². The molecule has 0 radical (unpaired) electrons. The molecule has 1 aromatic rings. The summed E-state index contributed by atoms with van der Waals surface area (Å²) in [5.74, 6) is 0. The molecule has 5 nitrogen and oxygen atoms in total. The van der Waals surface area contributed by atoms with Gasteiger partial charge in [-0.15, -0.1) is 0 Å². The highest BCUT2D eigenvalue weighted by atomic mass is 79.9. The first kappa shape index (κ1) is 9.66. The van der Waals surface area contributed by atoms with Gasteiger partial charge in [-0.25, -0.2) is 0 Å². The Hall–Kier alpha value is -1.43. The van der Waals surface area contributed by atoms with E-state index in [1.165, 1.54) is 18.2 Å². The fourth-order valence-corrected chi connectivity index (χ4v) is 1.21. The van der Waals surface area contributed by atoms with Crippen LogP contribution in [0.4, 0.5) is 11.4 Å². The molecule has 0 aliphatic rings. The number of hydrogen-bond donors (Lipinski definition) is 1. The Labute approximate surface area is 82.0 Å². The van der Waals surface area contributed by atoms with E-state index in [-0.39, 0.29) is 11.4 Å². The third-order valence-electron chi connectivity index (χ3n) is 1.37. The van der Waals surface area contributed by atoms with Crippen LogP contribution in [0.1, 0.15) is 0 Å². The maximum Gasteiger partial charge on any atom is 0.292 e. The molecular formula is C7H5BrN2O3. The van der Waals surface area contributed by atoms with Gasteiger partial charge in [-0.2, -0.15) is 0 Å². The summed E-state index contributed by atoms with van der Waals surface area (Å²) in [5.41, 5.74) is 0.0460. The zero-order valence-electron chi connectivity index (χ0n) is 6.36. The van der Waals surface area contributed by atoms with E-state index >= 15 is 0 Å². The van der Waals surface area contributed by atoms with Crippen LogP contribution in [0.25, 0.3) is 0 Å². The number of anilines is 1. The largest absolute Gasteiger partial charge is 0.323 e. The van der Waals surface area contributed by atoms with Gasteiger partial charge in [-0.1, -0.05) is 15.9 Å². The Balaban J connectivity index is 3.17. The van der Waals surface area contributed by atoms with Crippen molar-refractivity contribution in [3.63, 3.8) is 0 Å². The normalized spacial score (nSPS) is 9.31. The fraction of sp³-hybridized carbons (Fsp3) is 0. The van der Waals surface area contributed by atoms with E-state index in [2.05, 4.69) is 21.2 Å². The van der Waals surface area contributed by atoms with Gasteiger partial charge >= 0.3 is 0 Å². The molecule has 1 amide bonds. The molecule has 0 atom stereocenters. The molecule has 68 valence electrons. The number of nitro benzene ring substituents is 1. The van der Waals surface area contributed by atoms with Crippen molar-refractivity contribution < 1.29 is 9.72 Å². The van der Waals surface area contributed by atoms with Crippen molar-refractivity contribution in [3.05, 3.63) is 32.8 Å². The third-order valence-corrected chi connectivity index (χ3v) is 1.86. The molecule has 6 heteroatoms. The first-order valence-corrected chi connectivity index (χ1v) is 4.08. The Morgan fingerprint density at radius 3 is 2.77 bits per heavy atom. The lowest BCUT2D eigenvalue weighted by atomic mass is 10.3.